The summed E-state index contributed by atoms with van der Waals surface area (Å²) in [6, 6.07) is 10.2. The van der Waals surface area contributed by atoms with Crippen molar-refractivity contribution < 1.29 is 9.53 Å². The second-order valence-electron chi connectivity index (χ2n) is 5.76. The summed E-state index contributed by atoms with van der Waals surface area (Å²) in [6.07, 6.45) is 4.17. The number of benzene rings is 1. The monoisotopic (exact) mass is 377 g/mol. The van der Waals surface area contributed by atoms with Crippen LogP contribution in [-0.2, 0) is 11.3 Å². The maximum absolute atomic E-state index is 12.0. The molecule has 0 spiro atoms. The van der Waals surface area contributed by atoms with Crippen molar-refractivity contribution in [3.05, 3.63) is 35.9 Å². The summed E-state index contributed by atoms with van der Waals surface area (Å²) < 4.78 is 5.31. The minimum atomic E-state index is -0.323. The third-order valence-electron chi connectivity index (χ3n) is 4.06. The van der Waals surface area contributed by atoms with Gasteiger partial charge in [-0.05, 0) is 25.5 Å². The fourth-order valence-corrected chi connectivity index (χ4v) is 2.85. The molecule has 0 aliphatic heterocycles. The minimum absolute atomic E-state index is 0. The van der Waals surface area contributed by atoms with E-state index < -0.39 is 0 Å². The third-order valence-corrected chi connectivity index (χ3v) is 4.06. The van der Waals surface area contributed by atoms with E-state index in [1.54, 1.807) is 0 Å². The summed E-state index contributed by atoms with van der Waals surface area (Å²) in [7, 11) is 1.94. The van der Waals surface area contributed by atoms with Crippen molar-refractivity contribution in [1.82, 2.24) is 16.0 Å². The number of halogens is 2. The predicted molar refractivity (Wildman–Crippen MR) is 102 cm³/mol. The Hall–Kier alpha value is -1.01. The van der Waals surface area contributed by atoms with Gasteiger partial charge in [0, 0.05) is 25.2 Å². The summed E-state index contributed by atoms with van der Waals surface area (Å²) in [5.74, 6) is 0. The van der Waals surface area contributed by atoms with Crippen LogP contribution in [0.2, 0.25) is 0 Å². The Kier molecular flexibility index (Phi) is 12.7. The van der Waals surface area contributed by atoms with Crippen molar-refractivity contribution in [2.24, 2.45) is 0 Å². The average Bonchev–Trinajstić information content (AvgIpc) is 2.56. The highest BCUT2D eigenvalue weighted by molar-refractivity contribution is 5.85. The molecular formula is C17H29Cl2N3O2. The molecule has 1 aliphatic carbocycles. The number of carbonyl (C=O) groups is 1. The fourth-order valence-electron chi connectivity index (χ4n) is 2.85. The van der Waals surface area contributed by atoms with Gasteiger partial charge in [-0.3, -0.25) is 0 Å². The lowest BCUT2D eigenvalue weighted by Gasteiger charge is -2.32. The Morgan fingerprint density at radius 3 is 2.42 bits per heavy atom. The van der Waals surface area contributed by atoms with Crippen LogP contribution in [0.15, 0.2) is 30.3 Å². The summed E-state index contributed by atoms with van der Waals surface area (Å²) in [4.78, 5) is 12.0. The predicted octanol–water partition coefficient (Wildman–Crippen LogP) is 2.88. The number of carbonyl (C=O) groups excluding carboxylic acids is 1. The van der Waals surface area contributed by atoms with Crippen LogP contribution in [0.5, 0.6) is 0 Å². The van der Waals surface area contributed by atoms with E-state index in [0.717, 1.165) is 37.9 Å². The van der Waals surface area contributed by atoms with Gasteiger partial charge in [-0.25, -0.2) is 4.79 Å². The summed E-state index contributed by atoms with van der Waals surface area (Å²) in [5.41, 5.74) is 1.00. The number of likely N-dealkylation sites (N-methyl/N-ethyl adjacent to an activating group) is 1. The molecular weight excluding hydrogens is 349 g/mol. The largest absolute Gasteiger partial charge is 0.445 e. The Labute approximate surface area is 157 Å². The first-order valence-electron chi connectivity index (χ1n) is 8.15. The summed E-state index contributed by atoms with van der Waals surface area (Å²) in [6.45, 7) is 2.16. The lowest BCUT2D eigenvalue weighted by molar-refractivity contribution is 0.129. The highest BCUT2D eigenvalue weighted by atomic mass is 35.5. The number of nitrogens with one attached hydrogen (secondary N) is 3. The van der Waals surface area contributed by atoms with Crippen molar-refractivity contribution in [2.75, 3.05) is 20.1 Å². The van der Waals surface area contributed by atoms with Crippen molar-refractivity contribution >= 4 is 30.9 Å². The van der Waals surface area contributed by atoms with Gasteiger partial charge in [0.1, 0.15) is 6.61 Å². The zero-order valence-electron chi connectivity index (χ0n) is 14.1. The Bertz CT molecular complexity index is 449. The van der Waals surface area contributed by atoms with Crippen LogP contribution in [-0.4, -0.2) is 38.3 Å². The Morgan fingerprint density at radius 1 is 1.08 bits per heavy atom. The number of rotatable bonds is 7. The number of hydrogen-bond donors (Lipinski definition) is 3. The van der Waals surface area contributed by atoms with Gasteiger partial charge in [-0.15, -0.1) is 24.8 Å². The first-order valence-corrected chi connectivity index (χ1v) is 8.15. The molecule has 1 saturated carbocycles. The van der Waals surface area contributed by atoms with Crippen molar-refractivity contribution in [2.45, 2.75) is 44.4 Å². The highest BCUT2D eigenvalue weighted by Gasteiger charge is 2.26. The fraction of sp³-hybridized carbons (Fsp3) is 0.588. The molecule has 1 aliphatic rings. The van der Waals surface area contributed by atoms with Crippen LogP contribution in [0.4, 0.5) is 4.79 Å². The van der Waals surface area contributed by atoms with Crippen LogP contribution < -0.4 is 16.0 Å². The summed E-state index contributed by atoms with van der Waals surface area (Å²) >= 11 is 0. The van der Waals surface area contributed by atoms with Crippen molar-refractivity contribution in [3.8, 4) is 0 Å². The topological polar surface area (TPSA) is 62.4 Å². The van der Waals surface area contributed by atoms with Crippen LogP contribution in [0.3, 0.4) is 0 Å². The minimum Gasteiger partial charge on any atom is -0.445 e. The number of alkyl carbamates (subject to hydrolysis) is 1. The summed E-state index contributed by atoms with van der Waals surface area (Å²) in [5, 5.41) is 9.67. The number of hydrogen-bond acceptors (Lipinski definition) is 4. The van der Waals surface area contributed by atoms with E-state index >= 15 is 0 Å². The van der Waals surface area contributed by atoms with Crippen LogP contribution in [0.25, 0.3) is 0 Å². The normalized spacial score (nSPS) is 19.5. The van der Waals surface area contributed by atoms with Crippen molar-refractivity contribution in [3.63, 3.8) is 0 Å². The molecule has 1 amide bonds. The first-order chi connectivity index (χ1) is 10.8. The molecule has 0 unspecified atom stereocenters. The molecule has 2 atom stereocenters. The van der Waals surface area contributed by atoms with Gasteiger partial charge >= 0.3 is 6.09 Å². The maximum atomic E-state index is 12.0. The zero-order chi connectivity index (χ0) is 15.6. The van der Waals surface area contributed by atoms with Gasteiger partial charge in [0.05, 0.1) is 0 Å². The van der Waals surface area contributed by atoms with E-state index in [9.17, 15) is 4.79 Å². The molecule has 0 aromatic heterocycles. The SMILES string of the molecule is CNCCN[C@@H]1CCCC[C@H]1NC(=O)OCc1ccccc1.Cl.Cl. The lowest BCUT2D eigenvalue weighted by Crippen LogP contribution is -2.52. The first kappa shape index (κ1) is 23.0. The standard InChI is InChI=1S/C17H27N3O2.2ClH/c1-18-11-12-19-15-9-5-6-10-16(15)20-17(21)22-13-14-7-3-2-4-8-14;;/h2-4,7-8,15-16,18-19H,5-6,9-13H2,1H3,(H,20,21);2*1H/t15-,16-;;/m1../s1. The molecule has 2 rings (SSSR count). The van der Waals surface area contributed by atoms with E-state index in [1.807, 2.05) is 37.4 Å². The molecule has 0 radical (unpaired) electrons. The molecule has 3 N–H and O–H groups in total. The van der Waals surface area contributed by atoms with Gasteiger partial charge in [0.15, 0.2) is 0 Å². The maximum Gasteiger partial charge on any atom is 0.407 e. The Morgan fingerprint density at radius 2 is 1.75 bits per heavy atom. The van der Waals surface area contributed by atoms with Gasteiger partial charge in [0.2, 0.25) is 0 Å². The second-order valence-corrected chi connectivity index (χ2v) is 5.76. The quantitative estimate of drug-likeness (QED) is 0.639. The molecule has 7 heteroatoms. The van der Waals surface area contributed by atoms with E-state index in [2.05, 4.69) is 16.0 Å². The van der Waals surface area contributed by atoms with E-state index in [1.165, 1.54) is 6.42 Å². The van der Waals surface area contributed by atoms with Gasteiger partial charge in [0.25, 0.3) is 0 Å². The highest BCUT2D eigenvalue weighted by Crippen LogP contribution is 2.18. The molecule has 24 heavy (non-hydrogen) atoms. The van der Waals surface area contributed by atoms with Gasteiger partial charge in [-0.2, -0.15) is 0 Å². The number of amides is 1. The molecule has 0 saturated heterocycles. The Balaban J connectivity index is 0.00000264. The lowest BCUT2D eigenvalue weighted by atomic mass is 9.90. The van der Waals surface area contributed by atoms with Crippen LogP contribution in [0, 0.1) is 0 Å². The molecule has 1 aromatic carbocycles. The molecule has 138 valence electrons. The van der Waals surface area contributed by atoms with Gasteiger partial charge in [-0.1, -0.05) is 43.2 Å². The van der Waals surface area contributed by atoms with Crippen LogP contribution in [0.1, 0.15) is 31.2 Å². The molecule has 5 nitrogen and oxygen atoms in total. The van der Waals surface area contributed by atoms with Crippen molar-refractivity contribution in [1.29, 1.82) is 0 Å². The van der Waals surface area contributed by atoms with E-state index in [-0.39, 0.29) is 36.9 Å². The van der Waals surface area contributed by atoms with E-state index in [4.69, 9.17) is 4.74 Å². The second kappa shape index (κ2) is 13.3. The van der Waals surface area contributed by atoms with E-state index in [0.29, 0.717) is 12.6 Å². The molecule has 0 bridgehead atoms. The third kappa shape index (κ3) is 8.20. The molecule has 1 aromatic rings. The van der Waals surface area contributed by atoms with Gasteiger partial charge < -0.3 is 20.7 Å². The number of ether oxygens (including phenoxy) is 1. The van der Waals surface area contributed by atoms with Crippen LogP contribution >= 0.6 is 24.8 Å². The zero-order valence-corrected chi connectivity index (χ0v) is 15.8. The molecule has 1 fully saturated rings. The smallest absolute Gasteiger partial charge is 0.407 e. The molecule has 0 heterocycles. The average molecular weight is 378 g/mol.